The normalized spacial score (nSPS) is 20.1. The van der Waals surface area contributed by atoms with Crippen LogP contribution in [0.4, 0.5) is 5.95 Å². The minimum atomic E-state index is 0. The summed E-state index contributed by atoms with van der Waals surface area (Å²) in [6.07, 6.45) is 3.56. The fourth-order valence-corrected chi connectivity index (χ4v) is 3.45. The number of anilines is 1. The molecule has 2 aromatic rings. The summed E-state index contributed by atoms with van der Waals surface area (Å²) in [5.74, 6) is 1.28. The van der Waals surface area contributed by atoms with Gasteiger partial charge >= 0.3 is 0 Å². The third-order valence-electron chi connectivity index (χ3n) is 4.07. The van der Waals surface area contributed by atoms with Gasteiger partial charge in [0.25, 0.3) is 0 Å². The zero-order chi connectivity index (χ0) is 16.4. The zero-order valence-electron chi connectivity index (χ0n) is 13.0. The zero-order valence-corrected chi connectivity index (χ0v) is 17.0. The van der Waals surface area contributed by atoms with Crippen LogP contribution in [0.2, 0.25) is 10.0 Å². The van der Waals surface area contributed by atoms with Crippen molar-refractivity contribution in [2.24, 2.45) is 5.92 Å². The quantitative estimate of drug-likeness (QED) is 0.737. The average Bonchev–Trinajstić information content (AvgIpc) is 2.88. The summed E-state index contributed by atoms with van der Waals surface area (Å²) >= 11 is 15.5. The highest BCUT2D eigenvalue weighted by molar-refractivity contribution is 9.10. The molecule has 1 aromatic heterocycles. The Morgan fingerprint density at radius 1 is 1.25 bits per heavy atom. The summed E-state index contributed by atoms with van der Waals surface area (Å²) in [5, 5.41) is 4.94. The van der Waals surface area contributed by atoms with Crippen LogP contribution >= 0.6 is 51.5 Å². The molecular formula is C16H18BrCl3N4. The summed E-state index contributed by atoms with van der Waals surface area (Å²) in [6.45, 7) is 4.78. The van der Waals surface area contributed by atoms with Crippen LogP contribution in [0.15, 0.2) is 35.1 Å². The van der Waals surface area contributed by atoms with E-state index in [1.165, 1.54) is 0 Å². The molecule has 130 valence electrons. The lowest BCUT2D eigenvalue weighted by Gasteiger charge is -2.17. The number of nitrogens with zero attached hydrogens (tertiary/aromatic N) is 3. The Morgan fingerprint density at radius 2 is 1.96 bits per heavy atom. The molecular weight excluding hydrogens is 434 g/mol. The molecule has 1 aliphatic heterocycles. The van der Waals surface area contributed by atoms with Gasteiger partial charge in [0.15, 0.2) is 0 Å². The van der Waals surface area contributed by atoms with Gasteiger partial charge in [0.2, 0.25) is 5.95 Å². The molecule has 8 heteroatoms. The molecule has 3 rings (SSSR count). The molecule has 1 saturated heterocycles. The number of aromatic nitrogens is 2. The van der Waals surface area contributed by atoms with Crippen molar-refractivity contribution in [3.05, 3.63) is 50.7 Å². The number of rotatable bonds is 4. The lowest BCUT2D eigenvalue weighted by Crippen LogP contribution is -2.35. The Labute approximate surface area is 166 Å². The smallest absolute Gasteiger partial charge is 0.225 e. The van der Waals surface area contributed by atoms with Gasteiger partial charge in [0, 0.05) is 48.1 Å². The van der Waals surface area contributed by atoms with Crippen LogP contribution < -0.4 is 10.2 Å². The molecule has 2 atom stereocenters. The van der Waals surface area contributed by atoms with Crippen LogP contribution in [0.5, 0.6) is 0 Å². The van der Waals surface area contributed by atoms with Gasteiger partial charge in [0.05, 0.1) is 4.47 Å². The summed E-state index contributed by atoms with van der Waals surface area (Å²) in [4.78, 5) is 11.0. The first-order valence-electron chi connectivity index (χ1n) is 7.42. The van der Waals surface area contributed by atoms with Gasteiger partial charge in [-0.3, -0.25) is 0 Å². The Balaban J connectivity index is 0.00000208. The summed E-state index contributed by atoms with van der Waals surface area (Å²) < 4.78 is 0.889. The molecule has 0 aliphatic carbocycles. The van der Waals surface area contributed by atoms with E-state index in [1.54, 1.807) is 18.5 Å². The lowest BCUT2D eigenvalue weighted by atomic mass is 10.1. The van der Waals surface area contributed by atoms with Crippen molar-refractivity contribution in [3.8, 4) is 0 Å². The second-order valence-corrected chi connectivity index (χ2v) is 7.57. The fourth-order valence-electron chi connectivity index (χ4n) is 2.77. The SMILES string of the molecule is CC1CN(c2ncc(Br)cn2)CC1NCc1ccc(Cl)cc1Cl.Cl. The molecule has 0 bridgehead atoms. The highest BCUT2D eigenvalue weighted by Gasteiger charge is 2.30. The Morgan fingerprint density at radius 3 is 2.62 bits per heavy atom. The van der Waals surface area contributed by atoms with Crippen molar-refractivity contribution in [2.75, 3.05) is 18.0 Å². The molecule has 4 nitrogen and oxygen atoms in total. The minimum absolute atomic E-state index is 0. The maximum Gasteiger partial charge on any atom is 0.225 e. The van der Waals surface area contributed by atoms with Crippen LogP contribution in [0.3, 0.4) is 0 Å². The van der Waals surface area contributed by atoms with E-state index in [1.807, 2.05) is 12.1 Å². The van der Waals surface area contributed by atoms with Gasteiger partial charge in [-0.2, -0.15) is 0 Å². The van der Waals surface area contributed by atoms with Gasteiger partial charge in [0.1, 0.15) is 0 Å². The predicted octanol–water partition coefficient (Wildman–Crippen LogP) is 4.58. The van der Waals surface area contributed by atoms with Gasteiger partial charge < -0.3 is 10.2 Å². The highest BCUT2D eigenvalue weighted by atomic mass is 79.9. The molecule has 0 saturated carbocycles. The van der Waals surface area contributed by atoms with E-state index >= 15 is 0 Å². The van der Waals surface area contributed by atoms with E-state index in [9.17, 15) is 0 Å². The molecule has 24 heavy (non-hydrogen) atoms. The molecule has 1 N–H and O–H groups in total. The van der Waals surface area contributed by atoms with Crippen molar-refractivity contribution >= 4 is 57.5 Å². The number of hydrogen-bond acceptors (Lipinski definition) is 4. The van der Waals surface area contributed by atoms with Gasteiger partial charge in [-0.25, -0.2) is 9.97 Å². The third kappa shape index (κ3) is 4.73. The molecule has 0 spiro atoms. The number of hydrogen-bond donors (Lipinski definition) is 1. The Hall–Kier alpha value is -0.590. The third-order valence-corrected chi connectivity index (χ3v) is 5.07. The van der Waals surface area contributed by atoms with Crippen molar-refractivity contribution < 1.29 is 0 Å². The first kappa shape index (κ1) is 19.7. The van der Waals surface area contributed by atoms with Crippen molar-refractivity contribution in [1.82, 2.24) is 15.3 Å². The largest absolute Gasteiger partial charge is 0.339 e. The molecule has 1 fully saturated rings. The average molecular weight is 453 g/mol. The lowest BCUT2D eigenvalue weighted by molar-refractivity contribution is 0.453. The highest BCUT2D eigenvalue weighted by Crippen LogP contribution is 2.24. The maximum atomic E-state index is 6.23. The number of halogens is 4. The summed E-state index contributed by atoms with van der Waals surface area (Å²) in [7, 11) is 0. The Bertz CT molecular complexity index is 684. The topological polar surface area (TPSA) is 41.1 Å². The monoisotopic (exact) mass is 450 g/mol. The van der Waals surface area contributed by atoms with Crippen LogP contribution in [0.25, 0.3) is 0 Å². The second kappa shape index (κ2) is 8.68. The van der Waals surface area contributed by atoms with E-state index in [0.29, 0.717) is 22.0 Å². The van der Waals surface area contributed by atoms with Crippen molar-refractivity contribution in [2.45, 2.75) is 19.5 Å². The number of nitrogens with one attached hydrogen (secondary N) is 1. The first-order chi connectivity index (χ1) is 11.0. The van der Waals surface area contributed by atoms with Crippen molar-refractivity contribution in [3.63, 3.8) is 0 Å². The van der Waals surface area contributed by atoms with Crippen LogP contribution in [-0.4, -0.2) is 29.1 Å². The fraction of sp³-hybridized carbons (Fsp3) is 0.375. The van der Waals surface area contributed by atoms with E-state index < -0.39 is 0 Å². The molecule has 0 amide bonds. The maximum absolute atomic E-state index is 6.23. The predicted molar refractivity (Wildman–Crippen MR) is 105 cm³/mol. The van der Waals surface area contributed by atoms with Gasteiger partial charge in [-0.1, -0.05) is 36.2 Å². The first-order valence-corrected chi connectivity index (χ1v) is 8.97. The van der Waals surface area contributed by atoms with E-state index in [-0.39, 0.29) is 12.4 Å². The van der Waals surface area contributed by atoms with E-state index in [2.05, 4.69) is 43.0 Å². The second-order valence-electron chi connectivity index (χ2n) is 5.81. The minimum Gasteiger partial charge on any atom is -0.339 e. The molecule has 0 radical (unpaired) electrons. The van der Waals surface area contributed by atoms with E-state index in [0.717, 1.165) is 35.6 Å². The Kier molecular flexibility index (Phi) is 7.13. The standard InChI is InChI=1S/C16H17BrCl2N4.ClH/c1-10-8-23(16-21-6-12(17)7-22-16)9-15(10)20-5-11-2-3-13(18)4-14(11)19;/h2-4,6-7,10,15,20H,5,8-9H2,1H3;1H. The summed E-state index contributed by atoms with van der Waals surface area (Å²) in [6, 6.07) is 5.98. The molecule has 1 aromatic carbocycles. The van der Waals surface area contributed by atoms with Gasteiger partial charge in [-0.05, 0) is 39.5 Å². The van der Waals surface area contributed by atoms with Crippen LogP contribution in [0, 0.1) is 5.92 Å². The van der Waals surface area contributed by atoms with Gasteiger partial charge in [-0.15, -0.1) is 12.4 Å². The molecule has 1 aliphatic rings. The van der Waals surface area contributed by atoms with Crippen molar-refractivity contribution in [1.29, 1.82) is 0 Å². The molecule has 2 unspecified atom stereocenters. The van der Waals surface area contributed by atoms with Crippen LogP contribution in [-0.2, 0) is 6.54 Å². The number of benzene rings is 1. The van der Waals surface area contributed by atoms with Crippen LogP contribution in [0.1, 0.15) is 12.5 Å². The van der Waals surface area contributed by atoms with E-state index in [4.69, 9.17) is 23.2 Å². The summed E-state index contributed by atoms with van der Waals surface area (Å²) in [5.41, 5.74) is 1.06. The molecule has 2 heterocycles.